The second kappa shape index (κ2) is 10.7. The average Bonchev–Trinajstić information content (AvgIpc) is 3.27. The van der Waals surface area contributed by atoms with Crippen molar-refractivity contribution in [2.45, 2.75) is 69.2 Å². The van der Waals surface area contributed by atoms with E-state index in [1.165, 1.54) is 4.90 Å². The predicted octanol–water partition coefficient (Wildman–Crippen LogP) is 3.17. The molecule has 204 valence electrons. The van der Waals surface area contributed by atoms with Gasteiger partial charge in [-0.1, -0.05) is 81.3 Å². The van der Waals surface area contributed by atoms with Crippen LogP contribution in [0.3, 0.4) is 0 Å². The van der Waals surface area contributed by atoms with Gasteiger partial charge in [-0.25, -0.2) is 0 Å². The molecule has 5 rings (SSSR count). The number of fused-ring (bicyclic) bond motifs is 2. The Morgan fingerprint density at radius 2 is 1.82 bits per heavy atom. The van der Waals surface area contributed by atoms with Crippen LogP contribution in [0.4, 0.5) is 0 Å². The maximum atomic E-state index is 14.5. The topological polar surface area (TPSA) is 96.4 Å². The highest BCUT2D eigenvalue weighted by Crippen LogP contribution is 2.59. The summed E-state index contributed by atoms with van der Waals surface area (Å²) in [7, 11) is 0. The fourth-order valence-electron chi connectivity index (χ4n) is 6.83. The van der Waals surface area contributed by atoms with Crippen molar-refractivity contribution in [1.29, 1.82) is 0 Å². The van der Waals surface area contributed by atoms with E-state index >= 15 is 0 Å². The lowest BCUT2D eigenvalue weighted by Gasteiger charge is -2.41. The number of amides is 2. The minimum absolute atomic E-state index is 0.214. The van der Waals surface area contributed by atoms with Crippen molar-refractivity contribution in [3.8, 4) is 0 Å². The predicted molar refractivity (Wildman–Crippen MR) is 141 cm³/mol. The largest absolute Gasteiger partial charge is 0.465 e. The molecule has 1 N–H and O–H groups in total. The van der Waals surface area contributed by atoms with Crippen LogP contribution >= 0.6 is 0 Å². The maximum absolute atomic E-state index is 14.5. The number of aliphatic hydroxyl groups excluding tert-OH is 1. The molecule has 0 saturated carbocycles. The zero-order valence-corrected chi connectivity index (χ0v) is 22.3. The molecule has 4 heterocycles. The quantitative estimate of drug-likeness (QED) is 0.320. The fraction of sp³-hybridized carbons (Fsp3) is 0.567. The molecule has 0 radical (unpaired) electrons. The summed E-state index contributed by atoms with van der Waals surface area (Å²) in [6.45, 7) is 4.88. The Labute approximate surface area is 224 Å². The summed E-state index contributed by atoms with van der Waals surface area (Å²) < 4.78 is 12.5. The number of esters is 1. The third kappa shape index (κ3) is 4.09. The van der Waals surface area contributed by atoms with Crippen molar-refractivity contribution in [2.75, 3.05) is 26.3 Å². The first-order valence-electron chi connectivity index (χ1n) is 13.9. The number of nitrogens with zero attached hydrogens (tertiary/aromatic N) is 2. The normalized spacial score (nSPS) is 33.2. The van der Waals surface area contributed by atoms with Crippen LogP contribution in [-0.2, 0) is 23.9 Å². The van der Waals surface area contributed by atoms with Crippen molar-refractivity contribution in [3.63, 3.8) is 0 Å². The van der Waals surface area contributed by atoms with E-state index in [1.54, 1.807) is 4.90 Å². The van der Waals surface area contributed by atoms with Gasteiger partial charge in [-0.2, -0.15) is 0 Å². The number of benzene rings is 1. The Kier molecular flexibility index (Phi) is 7.47. The van der Waals surface area contributed by atoms with E-state index in [0.717, 1.165) is 24.8 Å². The van der Waals surface area contributed by atoms with Crippen LogP contribution < -0.4 is 0 Å². The van der Waals surface area contributed by atoms with Crippen molar-refractivity contribution in [1.82, 2.24) is 9.80 Å². The van der Waals surface area contributed by atoms with E-state index in [4.69, 9.17) is 9.47 Å². The highest BCUT2D eigenvalue weighted by Gasteiger charge is 2.76. The van der Waals surface area contributed by atoms with Crippen molar-refractivity contribution >= 4 is 17.8 Å². The van der Waals surface area contributed by atoms with Crippen LogP contribution in [-0.4, -0.2) is 76.2 Å². The minimum atomic E-state index is -1.36. The van der Waals surface area contributed by atoms with Gasteiger partial charge >= 0.3 is 5.97 Å². The van der Waals surface area contributed by atoms with Gasteiger partial charge < -0.3 is 24.4 Å². The number of hydrogen-bond acceptors (Lipinski definition) is 6. The molecule has 8 heteroatoms. The molecule has 1 aromatic carbocycles. The van der Waals surface area contributed by atoms with E-state index in [-0.39, 0.29) is 25.0 Å². The Morgan fingerprint density at radius 1 is 1.03 bits per heavy atom. The van der Waals surface area contributed by atoms with Gasteiger partial charge in [0, 0.05) is 13.1 Å². The molecule has 6 atom stereocenters. The minimum Gasteiger partial charge on any atom is -0.465 e. The molecule has 1 spiro atoms. The number of likely N-dealkylation sites (tertiary alicyclic amines) is 1. The molecule has 4 aliphatic rings. The van der Waals surface area contributed by atoms with Crippen molar-refractivity contribution < 1.29 is 29.0 Å². The standard InChI is InChI=1S/C30H38N2O6/c1-3-5-10-17-31-18-12-16-30-23(24-28(36)37-19-11-9-15-29(24,4-2)38-30)26(34)32(25(30)27(31)35)22(20-33)21-13-7-6-8-14-21/h6-9,12-16,22-25,33H,3-5,10-11,17-20H2,1-2H3/t22-,23+,24-,25?,29+,30+/m1/s1. The SMILES string of the molecule is CCCCCN1CC=C[C@]23O[C@@]4(CC)C=CCCOC(=O)[C@H]4[C@H]2C(=O)N([C@H](CO)c2ccccc2)C3C1=O. The van der Waals surface area contributed by atoms with E-state index < -0.39 is 41.1 Å². The highest BCUT2D eigenvalue weighted by molar-refractivity contribution is 5.99. The molecule has 0 aliphatic carbocycles. The summed E-state index contributed by atoms with van der Waals surface area (Å²) in [5.74, 6) is -2.90. The maximum Gasteiger partial charge on any atom is 0.313 e. The van der Waals surface area contributed by atoms with Gasteiger partial charge in [0.2, 0.25) is 11.8 Å². The zero-order valence-electron chi connectivity index (χ0n) is 22.3. The molecular formula is C30H38N2O6. The Morgan fingerprint density at radius 3 is 2.53 bits per heavy atom. The van der Waals surface area contributed by atoms with E-state index in [1.807, 2.05) is 61.6 Å². The number of carbonyl (C=O) groups is 3. The monoisotopic (exact) mass is 522 g/mol. The van der Waals surface area contributed by atoms with Crippen LogP contribution in [0.15, 0.2) is 54.6 Å². The first-order valence-corrected chi connectivity index (χ1v) is 13.9. The number of ether oxygens (including phenoxy) is 2. The summed E-state index contributed by atoms with van der Waals surface area (Å²) in [6.07, 6.45) is 11.5. The Hall–Kier alpha value is -2.97. The summed E-state index contributed by atoms with van der Waals surface area (Å²) in [4.78, 5) is 45.7. The number of unbranched alkanes of at least 4 members (excludes halogenated alkanes) is 2. The summed E-state index contributed by atoms with van der Waals surface area (Å²) in [6, 6.07) is 7.46. The first-order chi connectivity index (χ1) is 18.4. The van der Waals surface area contributed by atoms with Gasteiger partial charge in [-0.05, 0) is 24.8 Å². The lowest BCUT2D eigenvalue weighted by Crippen LogP contribution is -2.57. The molecule has 1 unspecified atom stereocenters. The molecule has 0 bridgehead atoms. The fourth-order valence-corrected chi connectivity index (χ4v) is 6.83. The molecule has 2 amide bonds. The Bertz CT molecular complexity index is 1120. The molecule has 2 fully saturated rings. The zero-order chi connectivity index (χ0) is 26.9. The molecule has 8 nitrogen and oxygen atoms in total. The number of cyclic esters (lactones) is 1. The van der Waals surface area contributed by atoms with E-state index in [9.17, 15) is 19.5 Å². The van der Waals surface area contributed by atoms with Crippen molar-refractivity contribution in [3.05, 3.63) is 60.2 Å². The molecule has 4 aliphatic heterocycles. The molecule has 1 aromatic rings. The van der Waals surface area contributed by atoms with Crippen LogP contribution in [0.5, 0.6) is 0 Å². The van der Waals surface area contributed by atoms with Gasteiger partial charge in [0.25, 0.3) is 0 Å². The number of aliphatic hydroxyl groups is 1. The van der Waals surface area contributed by atoms with E-state index in [0.29, 0.717) is 25.9 Å². The summed E-state index contributed by atoms with van der Waals surface area (Å²) in [5, 5.41) is 10.6. The third-order valence-electron chi connectivity index (χ3n) is 8.65. The van der Waals surface area contributed by atoms with Gasteiger partial charge in [0.1, 0.15) is 23.2 Å². The smallest absolute Gasteiger partial charge is 0.313 e. The van der Waals surface area contributed by atoms with Crippen LogP contribution in [0.1, 0.15) is 57.6 Å². The third-order valence-corrected chi connectivity index (χ3v) is 8.65. The average molecular weight is 523 g/mol. The number of carbonyl (C=O) groups excluding carboxylic acids is 3. The Balaban J connectivity index is 1.67. The highest BCUT2D eigenvalue weighted by atomic mass is 16.6. The van der Waals surface area contributed by atoms with Gasteiger partial charge in [0.15, 0.2) is 0 Å². The van der Waals surface area contributed by atoms with Gasteiger partial charge in [0.05, 0.1) is 25.2 Å². The second-order valence-electron chi connectivity index (χ2n) is 10.7. The second-order valence-corrected chi connectivity index (χ2v) is 10.7. The number of hydrogen-bond donors (Lipinski definition) is 1. The lowest BCUT2D eigenvalue weighted by atomic mass is 9.73. The van der Waals surface area contributed by atoms with E-state index in [2.05, 4.69) is 6.92 Å². The summed E-state index contributed by atoms with van der Waals surface area (Å²) >= 11 is 0. The van der Waals surface area contributed by atoms with Crippen LogP contribution in [0, 0.1) is 11.8 Å². The van der Waals surface area contributed by atoms with Crippen LogP contribution in [0.25, 0.3) is 0 Å². The molecule has 38 heavy (non-hydrogen) atoms. The van der Waals surface area contributed by atoms with Crippen molar-refractivity contribution in [2.24, 2.45) is 11.8 Å². The molecule has 2 saturated heterocycles. The number of rotatable bonds is 8. The first kappa shape index (κ1) is 26.6. The lowest BCUT2D eigenvalue weighted by molar-refractivity contribution is -0.163. The molecule has 0 aromatic heterocycles. The molecular weight excluding hydrogens is 484 g/mol. The van der Waals surface area contributed by atoms with Gasteiger partial charge in [-0.3, -0.25) is 14.4 Å². The summed E-state index contributed by atoms with van der Waals surface area (Å²) in [5.41, 5.74) is -1.70. The van der Waals surface area contributed by atoms with Crippen LogP contribution in [0.2, 0.25) is 0 Å². The van der Waals surface area contributed by atoms with Gasteiger partial charge in [-0.15, -0.1) is 0 Å².